The van der Waals surface area contributed by atoms with Gasteiger partial charge in [0.1, 0.15) is 24.4 Å². The fourth-order valence-electron chi connectivity index (χ4n) is 7.27. The van der Waals surface area contributed by atoms with Gasteiger partial charge in [0.15, 0.2) is 5.75 Å². The summed E-state index contributed by atoms with van der Waals surface area (Å²) < 4.78 is 85.5. The first kappa shape index (κ1) is 54.5. The third-order valence-corrected chi connectivity index (χ3v) is 13.8. The number of amides is 4. The van der Waals surface area contributed by atoms with Gasteiger partial charge < -0.3 is 40.2 Å². The Morgan fingerprint density at radius 1 is 0.915 bits per heavy atom. The summed E-state index contributed by atoms with van der Waals surface area (Å²) in [5.41, 5.74) is 2.57. The van der Waals surface area contributed by atoms with Gasteiger partial charge in [0.2, 0.25) is 17.7 Å². The number of rotatable bonds is 20. The molecule has 23 heteroatoms. The maximum Gasteiger partial charge on any atom is 0.417 e. The highest BCUT2D eigenvalue weighted by atomic mass is 35.5. The summed E-state index contributed by atoms with van der Waals surface area (Å²) in [5, 5.41) is 18.3. The molecule has 0 aliphatic carbocycles. The molecule has 1 aliphatic rings. The van der Waals surface area contributed by atoms with E-state index in [1.807, 2.05) is 31.2 Å². The molecule has 6 rings (SSSR count). The number of hydrogen-bond donors (Lipinski definition) is 5. The van der Waals surface area contributed by atoms with Crippen LogP contribution in [-0.2, 0) is 46.6 Å². The molecular weight excluding hydrogens is 1010 g/mol. The van der Waals surface area contributed by atoms with Gasteiger partial charge in [-0.1, -0.05) is 68.2 Å². The van der Waals surface area contributed by atoms with E-state index in [0.717, 1.165) is 33.8 Å². The number of alkyl halides is 3. The van der Waals surface area contributed by atoms with E-state index in [1.165, 1.54) is 47.4 Å². The zero-order valence-corrected chi connectivity index (χ0v) is 41.9. The van der Waals surface area contributed by atoms with Crippen LogP contribution < -0.4 is 25.4 Å². The van der Waals surface area contributed by atoms with Crippen molar-refractivity contribution in [3.63, 3.8) is 0 Å². The Labute approximate surface area is 422 Å². The van der Waals surface area contributed by atoms with Crippen LogP contribution in [0, 0.1) is 12.3 Å². The third-order valence-electron chi connectivity index (χ3n) is 10.9. The van der Waals surface area contributed by atoms with Crippen LogP contribution in [0.5, 0.6) is 11.5 Å². The van der Waals surface area contributed by atoms with E-state index < -0.39 is 85.5 Å². The highest BCUT2D eigenvalue weighted by Gasteiger charge is 2.44. The molecule has 0 saturated carbocycles. The lowest BCUT2D eigenvalue weighted by Gasteiger charge is -2.35. The number of likely N-dealkylation sites (tertiary alicyclic amines) is 1. The molecule has 380 valence electrons. The lowest BCUT2D eigenvalue weighted by molar-refractivity contribution is -0.144. The predicted octanol–water partition coefficient (Wildman–Crippen LogP) is 7.61. The Balaban J connectivity index is 0.905. The molecule has 1 aliphatic heterocycles. The van der Waals surface area contributed by atoms with Crippen molar-refractivity contribution in [2.45, 2.75) is 69.9 Å². The molecule has 2 heterocycles. The fraction of sp³-hybridized carbons (Fsp3) is 0.354. The zero-order valence-electron chi connectivity index (χ0n) is 38.8. The lowest BCUT2D eigenvalue weighted by Crippen LogP contribution is -2.58. The number of nitrogens with zero attached hydrogens (tertiary/aromatic N) is 2. The average Bonchev–Trinajstić information content (AvgIpc) is 3.93. The summed E-state index contributed by atoms with van der Waals surface area (Å²) in [4.78, 5) is 59.1. The van der Waals surface area contributed by atoms with Crippen LogP contribution >= 0.6 is 34.5 Å². The van der Waals surface area contributed by atoms with Crippen molar-refractivity contribution < 1.29 is 60.1 Å². The number of sulfonamides is 1. The molecule has 71 heavy (non-hydrogen) atoms. The number of anilines is 1. The van der Waals surface area contributed by atoms with Crippen LogP contribution in [0.4, 0.5) is 18.9 Å². The normalized spacial score (nSPS) is 15.5. The van der Waals surface area contributed by atoms with Crippen molar-refractivity contribution in [3.8, 4) is 21.9 Å². The summed E-state index contributed by atoms with van der Waals surface area (Å²) >= 11 is 13.3. The van der Waals surface area contributed by atoms with Gasteiger partial charge in [-0.3, -0.25) is 23.9 Å². The number of benzene rings is 4. The molecule has 1 aromatic heterocycles. The van der Waals surface area contributed by atoms with Gasteiger partial charge in [-0.2, -0.15) is 13.2 Å². The first-order valence-electron chi connectivity index (χ1n) is 22.0. The Bertz CT molecular complexity index is 2810. The minimum Gasteiger partial charge on any atom is -0.455 e. The number of halogens is 5. The molecule has 0 unspecified atom stereocenters. The SMILES string of the molecule is Cc1ncsc1-c1ccc(CNC(=O)[C@@H]2C[C@@H](O)CN2C(=O)[C@@H](NC(=O)COCCOCCNC(=O)c2ccc(Oc3ccc(Cl)cc3NS(=O)(=O)c3ccc(Cl)c(C(F)(F)F)c3)cc2)C(C)(C)C)cc1. The van der Waals surface area contributed by atoms with E-state index >= 15 is 0 Å². The number of carbonyl (C=O) groups excluding carboxylic acids is 4. The van der Waals surface area contributed by atoms with Crippen molar-refractivity contribution in [2.24, 2.45) is 5.41 Å². The van der Waals surface area contributed by atoms with Crippen molar-refractivity contribution in [1.82, 2.24) is 25.8 Å². The molecule has 0 spiro atoms. The number of carbonyl (C=O) groups is 4. The minimum absolute atomic E-state index is 0.0159. The van der Waals surface area contributed by atoms with Crippen LogP contribution in [0.3, 0.4) is 0 Å². The molecule has 5 aromatic rings. The van der Waals surface area contributed by atoms with Gasteiger partial charge in [0.25, 0.3) is 15.9 Å². The summed E-state index contributed by atoms with van der Waals surface area (Å²) in [5.74, 6) is -1.81. The number of hydrogen-bond acceptors (Lipinski definition) is 12. The zero-order chi connectivity index (χ0) is 51.7. The molecular formula is C48H51Cl2F3N6O10S2. The number of β-amino-alcohol motifs (C(OH)–C–C–N with tert-alkyl or cyclic N) is 1. The number of ether oxygens (including phenoxy) is 3. The Kier molecular flexibility index (Phi) is 18.1. The molecule has 3 atom stereocenters. The number of aryl methyl sites for hydroxylation is 1. The number of aliphatic hydroxyl groups is 1. The molecule has 4 amide bonds. The smallest absolute Gasteiger partial charge is 0.417 e. The van der Waals surface area contributed by atoms with Crippen LogP contribution in [0.2, 0.25) is 10.0 Å². The highest BCUT2D eigenvalue weighted by Crippen LogP contribution is 2.38. The van der Waals surface area contributed by atoms with Gasteiger partial charge in [0.05, 0.1) is 63.2 Å². The quantitative estimate of drug-likeness (QED) is 0.0479. The number of aromatic nitrogens is 1. The Morgan fingerprint density at radius 2 is 1.62 bits per heavy atom. The van der Waals surface area contributed by atoms with Gasteiger partial charge in [0, 0.05) is 36.6 Å². The van der Waals surface area contributed by atoms with E-state index in [9.17, 15) is 45.9 Å². The van der Waals surface area contributed by atoms with E-state index in [1.54, 1.807) is 37.6 Å². The fourth-order valence-corrected chi connectivity index (χ4v) is 9.57. The van der Waals surface area contributed by atoms with Crippen LogP contribution in [-0.4, -0.2) is 105 Å². The summed E-state index contributed by atoms with van der Waals surface area (Å²) in [7, 11) is -4.58. The lowest BCUT2D eigenvalue weighted by atomic mass is 9.85. The summed E-state index contributed by atoms with van der Waals surface area (Å²) in [6.45, 7) is 7.33. The Morgan fingerprint density at radius 3 is 2.28 bits per heavy atom. The predicted molar refractivity (Wildman–Crippen MR) is 261 cm³/mol. The molecule has 1 saturated heterocycles. The molecule has 16 nitrogen and oxygen atoms in total. The summed E-state index contributed by atoms with van der Waals surface area (Å²) in [6.07, 6.45) is -5.78. The summed E-state index contributed by atoms with van der Waals surface area (Å²) in [6, 6.07) is 17.7. The molecule has 0 bridgehead atoms. The molecule has 5 N–H and O–H groups in total. The first-order valence-corrected chi connectivity index (χ1v) is 25.1. The maximum absolute atomic E-state index is 13.9. The average molecular weight is 1060 g/mol. The monoisotopic (exact) mass is 1060 g/mol. The first-order chi connectivity index (χ1) is 33.5. The molecule has 0 radical (unpaired) electrons. The topological polar surface area (TPSA) is 215 Å². The van der Waals surface area contributed by atoms with Gasteiger partial charge in [-0.25, -0.2) is 13.4 Å². The van der Waals surface area contributed by atoms with Gasteiger partial charge in [-0.05, 0) is 84.1 Å². The van der Waals surface area contributed by atoms with Gasteiger partial charge in [-0.15, -0.1) is 11.3 Å². The van der Waals surface area contributed by atoms with Crippen molar-refractivity contribution in [1.29, 1.82) is 0 Å². The number of nitrogens with one attached hydrogen (secondary N) is 4. The maximum atomic E-state index is 13.9. The van der Waals surface area contributed by atoms with E-state index in [4.69, 9.17) is 37.4 Å². The third kappa shape index (κ3) is 14.9. The number of aliphatic hydroxyl groups excluding tert-OH is 1. The van der Waals surface area contributed by atoms with Crippen LogP contribution in [0.25, 0.3) is 10.4 Å². The van der Waals surface area contributed by atoms with E-state index in [2.05, 4.69) is 25.7 Å². The van der Waals surface area contributed by atoms with Crippen LogP contribution in [0.15, 0.2) is 95.3 Å². The molecule has 4 aromatic carbocycles. The van der Waals surface area contributed by atoms with Gasteiger partial charge >= 0.3 is 6.18 Å². The Hall–Kier alpha value is -5.81. The second-order valence-corrected chi connectivity index (χ2v) is 20.8. The number of thiazole rings is 1. The second-order valence-electron chi connectivity index (χ2n) is 17.4. The van der Waals surface area contributed by atoms with E-state index in [0.29, 0.717) is 6.07 Å². The molecule has 1 fully saturated rings. The standard InChI is InChI=1S/C48H51Cl2F3N6O10S2/c1-28-42(70-27-56-28)30-7-5-29(6-8-30)24-55-45(63)39-22-33(60)25-59(39)46(64)43(47(2,3)4)57-41(61)26-68-20-19-67-18-17-54-44(62)31-9-12-34(13-10-31)69-40-16-11-32(49)21-38(40)58-71(65,66)35-14-15-37(50)36(23-35)48(51,52)53/h5-16,21,23,27,33,39,43,58,60H,17-20,22,24-26H2,1-4H3,(H,54,62)(H,55,63)(H,57,61)/t33-,39+,43-/m1/s1. The second kappa shape index (κ2) is 23.6. The largest absolute Gasteiger partial charge is 0.455 e. The highest BCUT2D eigenvalue weighted by molar-refractivity contribution is 7.92. The van der Waals surface area contributed by atoms with Crippen molar-refractivity contribution >= 4 is 73.9 Å². The van der Waals surface area contributed by atoms with E-state index in [-0.39, 0.29) is 73.6 Å². The minimum atomic E-state index is -4.90. The van der Waals surface area contributed by atoms with Crippen molar-refractivity contribution in [2.75, 3.05) is 44.2 Å². The van der Waals surface area contributed by atoms with Crippen molar-refractivity contribution in [3.05, 3.63) is 123 Å². The van der Waals surface area contributed by atoms with Crippen LogP contribution in [0.1, 0.15) is 54.4 Å².